The zero-order chi connectivity index (χ0) is 18.6. The fourth-order valence-corrected chi connectivity index (χ4v) is 3.68. The maximum absolute atomic E-state index is 12.9. The smallest absolute Gasteiger partial charge is 0.262 e. The predicted octanol–water partition coefficient (Wildman–Crippen LogP) is 0.500. The summed E-state index contributed by atoms with van der Waals surface area (Å²) in [5, 5.41) is 0.935. The highest BCUT2D eigenvalue weighted by Gasteiger charge is 2.20. The summed E-state index contributed by atoms with van der Waals surface area (Å²) in [4.78, 5) is 32.7. The highest BCUT2D eigenvalue weighted by molar-refractivity contribution is 8.00. The third kappa shape index (κ3) is 4.83. The Morgan fingerprint density at radius 1 is 1.32 bits per heavy atom. The van der Waals surface area contributed by atoms with Gasteiger partial charge in [0.25, 0.3) is 5.56 Å². The number of quaternary nitrogens is 1. The van der Waals surface area contributed by atoms with Gasteiger partial charge in [0.2, 0.25) is 5.91 Å². The predicted molar refractivity (Wildman–Crippen MR) is 102 cm³/mol. The molecule has 25 heavy (non-hydrogen) atoms. The zero-order valence-corrected chi connectivity index (χ0v) is 16.4. The number of amides is 1. The quantitative estimate of drug-likeness (QED) is 0.575. The standard InChI is InChI=1S/C18H26N4O2S/c1-13(16(23)21(4)5)25-18-19-15-10-7-6-9-14(15)17(24)22(18)12-8-11-20(2)3/h6-7,9-10,13H,8,11-12H2,1-5H3/p+1/t13-/m0/s1. The molecule has 1 N–H and O–H groups in total. The average molecular weight is 364 g/mol. The molecule has 136 valence electrons. The number of nitrogens with one attached hydrogen (secondary N) is 1. The van der Waals surface area contributed by atoms with E-state index in [2.05, 4.69) is 19.1 Å². The highest BCUT2D eigenvalue weighted by Crippen LogP contribution is 2.23. The van der Waals surface area contributed by atoms with Gasteiger partial charge in [-0.25, -0.2) is 4.98 Å². The molecule has 1 aromatic heterocycles. The van der Waals surface area contributed by atoms with Crippen molar-refractivity contribution in [2.24, 2.45) is 0 Å². The number of benzene rings is 1. The molecular formula is C18H27N4O2S+. The van der Waals surface area contributed by atoms with Crippen LogP contribution in [0.5, 0.6) is 0 Å². The molecule has 0 fully saturated rings. The number of rotatable bonds is 7. The van der Waals surface area contributed by atoms with E-state index >= 15 is 0 Å². The van der Waals surface area contributed by atoms with Crippen molar-refractivity contribution in [1.29, 1.82) is 0 Å². The minimum Gasteiger partial charge on any atom is -0.348 e. The van der Waals surface area contributed by atoms with E-state index in [1.165, 1.54) is 16.7 Å². The summed E-state index contributed by atoms with van der Waals surface area (Å²) < 4.78 is 1.72. The molecule has 1 atom stereocenters. The summed E-state index contributed by atoms with van der Waals surface area (Å²) in [6, 6.07) is 7.37. The van der Waals surface area contributed by atoms with Crippen LogP contribution < -0.4 is 10.5 Å². The molecule has 7 heteroatoms. The summed E-state index contributed by atoms with van der Waals surface area (Å²) in [5.74, 6) is 0.0108. The van der Waals surface area contributed by atoms with Gasteiger partial charge in [-0.3, -0.25) is 14.2 Å². The molecule has 0 aliphatic rings. The SMILES string of the molecule is C[C@H](Sc1nc2ccccc2c(=O)n1CCC[NH+](C)C)C(=O)N(C)C. The molecule has 1 aromatic carbocycles. The molecule has 6 nitrogen and oxygen atoms in total. The number of hydrogen-bond acceptors (Lipinski definition) is 4. The lowest BCUT2D eigenvalue weighted by atomic mass is 10.2. The Morgan fingerprint density at radius 2 is 2.00 bits per heavy atom. The fraction of sp³-hybridized carbons (Fsp3) is 0.500. The van der Waals surface area contributed by atoms with Crippen molar-refractivity contribution in [2.75, 3.05) is 34.7 Å². The number of para-hydroxylation sites is 1. The average Bonchev–Trinajstić information content (AvgIpc) is 2.56. The molecular weight excluding hydrogens is 336 g/mol. The second-order valence-electron chi connectivity index (χ2n) is 6.67. The minimum absolute atomic E-state index is 0.0108. The van der Waals surface area contributed by atoms with Gasteiger partial charge >= 0.3 is 0 Å². The molecule has 0 saturated carbocycles. The van der Waals surface area contributed by atoms with Gasteiger partial charge in [-0.1, -0.05) is 23.9 Å². The van der Waals surface area contributed by atoms with E-state index in [1.807, 2.05) is 25.1 Å². The number of nitrogens with zero attached hydrogens (tertiary/aromatic N) is 3. The minimum atomic E-state index is -0.297. The van der Waals surface area contributed by atoms with Crippen molar-refractivity contribution < 1.29 is 9.69 Å². The monoisotopic (exact) mass is 363 g/mol. The first-order valence-electron chi connectivity index (χ1n) is 8.47. The van der Waals surface area contributed by atoms with Crippen LogP contribution in [0.25, 0.3) is 10.9 Å². The summed E-state index contributed by atoms with van der Waals surface area (Å²) in [7, 11) is 7.66. The van der Waals surface area contributed by atoms with Crippen molar-refractivity contribution >= 4 is 28.6 Å². The van der Waals surface area contributed by atoms with Crippen molar-refractivity contribution in [3.63, 3.8) is 0 Å². The number of thioether (sulfide) groups is 1. The molecule has 0 aliphatic carbocycles. The zero-order valence-electron chi connectivity index (χ0n) is 15.6. The summed E-state index contributed by atoms with van der Waals surface area (Å²) >= 11 is 1.35. The van der Waals surface area contributed by atoms with Gasteiger partial charge in [-0.2, -0.15) is 0 Å². The lowest BCUT2D eigenvalue weighted by Crippen LogP contribution is -3.05. The van der Waals surface area contributed by atoms with Crippen LogP contribution in [-0.2, 0) is 11.3 Å². The van der Waals surface area contributed by atoms with Gasteiger partial charge in [0, 0.05) is 27.1 Å². The second kappa shape index (κ2) is 8.49. The van der Waals surface area contributed by atoms with Gasteiger partial charge in [0.15, 0.2) is 5.16 Å². The van der Waals surface area contributed by atoms with Crippen LogP contribution in [0, 0.1) is 0 Å². The van der Waals surface area contributed by atoms with E-state index in [4.69, 9.17) is 0 Å². The molecule has 0 radical (unpaired) electrons. The molecule has 0 saturated heterocycles. The van der Waals surface area contributed by atoms with Crippen molar-refractivity contribution in [3.05, 3.63) is 34.6 Å². The Kier molecular flexibility index (Phi) is 6.61. The summed E-state index contributed by atoms with van der Waals surface area (Å²) in [6.07, 6.45) is 0.881. The Labute approximate surface area is 152 Å². The van der Waals surface area contributed by atoms with Crippen LogP contribution in [0.3, 0.4) is 0 Å². The number of carbonyl (C=O) groups is 1. The number of hydrogen-bond donors (Lipinski definition) is 1. The van der Waals surface area contributed by atoms with E-state index in [-0.39, 0.29) is 16.7 Å². The van der Waals surface area contributed by atoms with Crippen LogP contribution in [0.15, 0.2) is 34.2 Å². The van der Waals surface area contributed by atoms with Gasteiger partial charge in [-0.05, 0) is 19.1 Å². The van der Waals surface area contributed by atoms with Gasteiger partial charge in [-0.15, -0.1) is 0 Å². The van der Waals surface area contributed by atoms with Crippen molar-refractivity contribution in [3.8, 4) is 0 Å². The van der Waals surface area contributed by atoms with Crippen LogP contribution >= 0.6 is 11.8 Å². The van der Waals surface area contributed by atoms with Gasteiger partial charge < -0.3 is 9.80 Å². The molecule has 0 bridgehead atoms. The Bertz CT molecular complexity index is 801. The first kappa shape index (κ1) is 19.5. The topological polar surface area (TPSA) is 59.6 Å². The van der Waals surface area contributed by atoms with Crippen LogP contribution in [-0.4, -0.2) is 60.3 Å². The maximum atomic E-state index is 12.9. The number of carbonyl (C=O) groups excluding carboxylic acids is 1. The summed E-state index contributed by atoms with van der Waals surface area (Å²) in [5.41, 5.74) is 0.639. The van der Waals surface area contributed by atoms with E-state index in [9.17, 15) is 9.59 Å². The third-order valence-corrected chi connectivity index (χ3v) is 5.03. The van der Waals surface area contributed by atoms with Crippen LogP contribution in [0.1, 0.15) is 13.3 Å². The Hall–Kier alpha value is -1.86. The highest BCUT2D eigenvalue weighted by atomic mass is 32.2. The number of aromatic nitrogens is 2. The summed E-state index contributed by atoms with van der Waals surface area (Å²) in [6.45, 7) is 3.42. The van der Waals surface area contributed by atoms with E-state index in [0.29, 0.717) is 22.6 Å². The Morgan fingerprint density at radius 3 is 2.64 bits per heavy atom. The second-order valence-corrected chi connectivity index (χ2v) is 7.98. The first-order valence-corrected chi connectivity index (χ1v) is 9.35. The first-order chi connectivity index (χ1) is 11.8. The van der Waals surface area contributed by atoms with E-state index < -0.39 is 0 Å². The molecule has 1 heterocycles. The van der Waals surface area contributed by atoms with E-state index in [1.54, 1.807) is 29.6 Å². The lowest BCUT2D eigenvalue weighted by Gasteiger charge is -2.19. The van der Waals surface area contributed by atoms with Gasteiger partial charge in [0.05, 0.1) is 36.8 Å². The normalized spacial score (nSPS) is 12.6. The van der Waals surface area contributed by atoms with E-state index in [0.717, 1.165) is 13.0 Å². The van der Waals surface area contributed by atoms with Crippen LogP contribution in [0.4, 0.5) is 0 Å². The van der Waals surface area contributed by atoms with Crippen LogP contribution in [0.2, 0.25) is 0 Å². The molecule has 0 unspecified atom stereocenters. The third-order valence-electron chi connectivity index (χ3n) is 3.96. The maximum Gasteiger partial charge on any atom is 0.262 e. The molecule has 2 rings (SSSR count). The lowest BCUT2D eigenvalue weighted by molar-refractivity contribution is -0.858. The van der Waals surface area contributed by atoms with Gasteiger partial charge in [0.1, 0.15) is 0 Å². The molecule has 0 spiro atoms. The molecule has 1 amide bonds. The molecule has 0 aliphatic heterocycles. The Balaban J connectivity index is 2.41. The largest absolute Gasteiger partial charge is 0.348 e. The fourth-order valence-electron chi connectivity index (χ4n) is 2.60. The number of fused-ring (bicyclic) bond motifs is 1. The van der Waals surface area contributed by atoms with Crippen molar-refractivity contribution in [1.82, 2.24) is 14.5 Å². The molecule has 2 aromatic rings. The van der Waals surface area contributed by atoms with Crippen molar-refractivity contribution in [2.45, 2.75) is 30.3 Å².